The van der Waals surface area contributed by atoms with Crippen molar-refractivity contribution in [2.24, 2.45) is 0 Å². The highest BCUT2D eigenvalue weighted by Gasteiger charge is 2.20. The monoisotopic (exact) mass is 409 g/mol. The van der Waals surface area contributed by atoms with Crippen LogP contribution in [0, 0.1) is 6.92 Å². The summed E-state index contributed by atoms with van der Waals surface area (Å²) in [4.78, 5) is 36.8. The minimum atomic E-state index is -0.670. The molecular formula is C18H21Cl2N5O2. The van der Waals surface area contributed by atoms with Gasteiger partial charge in [0.1, 0.15) is 0 Å². The molecule has 0 saturated heterocycles. The van der Waals surface area contributed by atoms with Crippen molar-refractivity contribution in [2.45, 2.75) is 26.8 Å². The smallest absolute Gasteiger partial charge is 0.349 e. The van der Waals surface area contributed by atoms with E-state index in [1.807, 2.05) is 30.5 Å². The van der Waals surface area contributed by atoms with Crippen molar-refractivity contribution in [3.63, 3.8) is 0 Å². The Morgan fingerprint density at radius 3 is 2.48 bits per heavy atom. The van der Waals surface area contributed by atoms with Gasteiger partial charge in [-0.25, -0.2) is 9.78 Å². The van der Waals surface area contributed by atoms with E-state index in [-0.39, 0.29) is 5.69 Å². The number of hydrogen-bond donors (Lipinski definition) is 1. The summed E-state index contributed by atoms with van der Waals surface area (Å²) in [5.74, 6) is 1.26. The first-order valence-electron chi connectivity index (χ1n) is 8.82. The van der Waals surface area contributed by atoms with Crippen LogP contribution in [-0.2, 0) is 6.54 Å². The predicted molar refractivity (Wildman–Crippen MR) is 110 cm³/mol. The maximum Gasteiger partial charge on any atom is 0.349 e. The SMILES string of the molecule is CCCn1c2nc(=O)[nH]c(=O)c-2nc2cc(C)c(N(CCCl)CCCl)cc21. The number of fused-ring (bicyclic) bond motifs is 2. The largest absolute Gasteiger partial charge is 0.369 e. The standard InChI is InChI=1S/C18H21Cl2N5O2/c1-3-6-25-14-10-13(24(7-4-19)8-5-20)11(2)9-12(14)21-15-16(25)22-18(27)23-17(15)26/h9-10H,3-8H2,1-2H3,(H,23,26,27). The highest BCUT2D eigenvalue weighted by atomic mass is 35.5. The Labute approximate surface area is 166 Å². The number of benzene rings is 1. The van der Waals surface area contributed by atoms with Gasteiger partial charge in [-0.05, 0) is 31.0 Å². The molecule has 1 aromatic rings. The van der Waals surface area contributed by atoms with Gasteiger partial charge in [-0.15, -0.1) is 23.2 Å². The van der Waals surface area contributed by atoms with Crippen LogP contribution in [0.3, 0.4) is 0 Å². The third kappa shape index (κ3) is 3.80. The van der Waals surface area contributed by atoms with Crippen LogP contribution in [0.25, 0.3) is 22.6 Å². The molecule has 0 saturated carbocycles. The van der Waals surface area contributed by atoms with Gasteiger partial charge in [-0.1, -0.05) is 6.92 Å². The van der Waals surface area contributed by atoms with Crippen molar-refractivity contribution in [2.75, 3.05) is 29.7 Å². The predicted octanol–water partition coefficient (Wildman–Crippen LogP) is 2.59. The molecule has 3 rings (SSSR count). The van der Waals surface area contributed by atoms with E-state index in [9.17, 15) is 9.59 Å². The van der Waals surface area contributed by atoms with E-state index in [4.69, 9.17) is 23.2 Å². The number of rotatable bonds is 7. The first-order valence-corrected chi connectivity index (χ1v) is 9.89. The molecule has 7 nitrogen and oxygen atoms in total. The third-order valence-corrected chi connectivity index (χ3v) is 4.76. The summed E-state index contributed by atoms with van der Waals surface area (Å²) in [7, 11) is 0. The molecule has 0 amide bonds. The van der Waals surface area contributed by atoms with Crippen LogP contribution in [-0.4, -0.2) is 44.4 Å². The molecule has 2 heterocycles. The second-order valence-corrected chi connectivity index (χ2v) is 7.06. The Bertz CT molecular complexity index is 1040. The summed E-state index contributed by atoms with van der Waals surface area (Å²) in [5, 5.41) is 0. The minimum absolute atomic E-state index is 0.168. The van der Waals surface area contributed by atoms with Crippen molar-refractivity contribution >= 4 is 39.9 Å². The quantitative estimate of drug-likeness (QED) is 0.478. The molecule has 0 fully saturated rings. The van der Waals surface area contributed by atoms with Gasteiger partial charge in [0.2, 0.25) is 0 Å². The van der Waals surface area contributed by atoms with Gasteiger partial charge in [0.05, 0.1) is 11.0 Å². The van der Waals surface area contributed by atoms with Gasteiger partial charge in [-0.3, -0.25) is 9.78 Å². The first kappa shape index (κ1) is 19.6. The molecule has 27 heavy (non-hydrogen) atoms. The molecule has 0 aromatic heterocycles. The summed E-state index contributed by atoms with van der Waals surface area (Å²) < 4.78 is 1.89. The number of alkyl halides is 2. The number of nitrogens with one attached hydrogen (secondary N) is 1. The van der Waals surface area contributed by atoms with Crippen molar-refractivity contribution < 1.29 is 0 Å². The lowest BCUT2D eigenvalue weighted by atomic mass is 10.1. The van der Waals surface area contributed by atoms with Crippen LogP contribution in [0.1, 0.15) is 18.9 Å². The summed E-state index contributed by atoms with van der Waals surface area (Å²) in [5.41, 5.74) is 2.48. The summed E-state index contributed by atoms with van der Waals surface area (Å²) in [6.45, 7) is 5.96. The van der Waals surface area contributed by atoms with Gasteiger partial charge in [0.25, 0.3) is 5.56 Å². The number of hydrogen-bond acceptors (Lipinski definition) is 5. The molecule has 2 aliphatic heterocycles. The third-order valence-electron chi connectivity index (χ3n) is 4.42. The van der Waals surface area contributed by atoms with Crippen molar-refractivity contribution in [1.82, 2.24) is 19.5 Å². The molecule has 0 spiro atoms. The summed E-state index contributed by atoms with van der Waals surface area (Å²) in [6.07, 6.45) is 0.817. The van der Waals surface area contributed by atoms with Gasteiger partial charge in [0, 0.05) is 37.1 Å². The number of aromatic nitrogens is 4. The van der Waals surface area contributed by atoms with Crippen molar-refractivity contribution in [3.8, 4) is 11.5 Å². The van der Waals surface area contributed by atoms with Crippen LogP contribution in [0.2, 0.25) is 0 Å². The molecule has 9 heteroatoms. The molecule has 0 bridgehead atoms. The number of halogens is 2. The van der Waals surface area contributed by atoms with E-state index in [0.29, 0.717) is 42.7 Å². The molecule has 0 radical (unpaired) electrons. The Morgan fingerprint density at radius 1 is 1.15 bits per heavy atom. The zero-order chi connectivity index (χ0) is 19.6. The summed E-state index contributed by atoms with van der Waals surface area (Å²) >= 11 is 11.9. The molecular weight excluding hydrogens is 389 g/mol. The first-order chi connectivity index (χ1) is 13.0. The molecule has 1 aromatic carbocycles. The molecule has 0 unspecified atom stereocenters. The average Bonchev–Trinajstić information content (AvgIpc) is 2.62. The van der Waals surface area contributed by atoms with Gasteiger partial charge < -0.3 is 9.47 Å². The van der Waals surface area contributed by atoms with E-state index in [0.717, 1.165) is 23.2 Å². The minimum Gasteiger partial charge on any atom is -0.369 e. The lowest BCUT2D eigenvalue weighted by Gasteiger charge is -2.26. The molecule has 1 N–H and O–H groups in total. The van der Waals surface area contributed by atoms with Crippen molar-refractivity contribution in [3.05, 3.63) is 38.5 Å². The number of H-pyrrole nitrogens is 1. The highest BCUT2D eigenvalue weighted by Crippen LogP contribution is 2.29. The lowest BCUT2D eigenvalue weighted by molar-refractivity contribution is 0.684. The fraction of sp³-hybridized carbons (Fsp3) is 0.444. The molecule has 2 aliphatic rings. The number of anilines is 1. The van der Waals surface area contributed by atoms with Crippen LogP contribution in [0.4, 0.5) is 5.69 Å². The van der Waals surface area contributed by atoms with Crippen LogP contribution in [0.5, 0.6) is 0 Å². The van der Waals surface area contributed by atoms with Gasteiger partial charge in [-0.2, -0.15) is 4.98 Å². The zero-order valence-electron chi connectivity index (χ0n) is 15.3. The van der Waals surface area contributed by atoms with E-state index >= 15 is 0 Å². The fourth-order valence-electron chi connectivity index (χ4n) is 3.28. The van der Waals surface area contributed by atoms with Gasteiger partial charge >= 0.3 is 5.69 Å². The average molecular weight is 410 g/mol. The molecule has 0 aliphatic carbocycles. The van der Waals surface area contributed by atoms with Gasteiger partial charge in [0.15, 0.2) is 11.5 Å². The Balaban J connectivity index is 2.35. The number of aromatic amines is 1. The lowest BCUT2D eigenvalue weighted by Crippen LogP contribution is -2.30. The molecule has 0 atom stereocenters. The highest BCUT2D eigenvalue weighted by molar-refractivity contribution is 6.18. The maximum atomic E-state index is 12.2. The van der Waals surface area contributed by atoms with Crippen LogP contribution >= 0.6 is 23.2 Å². The maximum absolute atomic E-state index is 12.2. The molecule has 144 valence electrons. The zero-order valence-corrected chi connectivity index (χ0v) is 16.8. The van der Waals surface area contributed by atoms with E-state index in [1.165, 1.54) is 0 Å². The summed E-state index contributed by atoms with van der Waals surface area (Å²) in [6, 6.07) is 3.95. The second kappa shape index (κ2) is 8.27. The van der Waals surface area contributed by atoms with Crippen LogP contribution < -0.4 is 16.1 Å². The Morgan fingerprint density at radius 2 is 1.85 bits per heavy atom. The number of nitrogens with zero attached hydrogens (tertiary/aromatic N) is 4. The normalized spacial score (nSPS) is 11.4. The van der Waals surface area contributed by atoms with Crippen molar-refractivity contribution in [1.29, 1.82) is 0 Å². The Kier molecular flexibility index (Phi) is 6.01. The topological polar surface area (TPSA) is 83.9 Å². The Hall–Kier alpha value is -2.12. The number of aryl methyl sites for hydroxylation is 2. The fourth-order valence-corrected chi connectivity index (χ4v) is 3.69. The van der Waals surface area contributed by atoms with E-state index < -0.39 is 11.2 Å². The van der Waals surface area contributed by atoms with Crippen LogP contribution in [0.15, 0.2) is 21.7 Å². The van der Waals surface area contributed by atoms with E-state index in [1.54, 1.807) is 0 Å². The second-order valence-electron chi connectivity index (χ2n) is 6.30. The van der Waals surface area contributed by atoms with E-state index in [2.05, 4.69) is 19.9 Å².